The molecule has 4 nitrogen and oxygen atoms in total. The molecule has 0 amide bonds. The molecule has 0 atom stereocenters. The summed E-state index contributed by atoms with van der Waals surface area (Å²) in [7, 11) is 0. The number of furan rings is 1. The van der Waals surface area contributed by atoms with E-state index in [9.17, 15) is 0 Å². The molecular weight excluding hydrogens is 631 g/mol. The topological polar surface area (TPSA) is 51.8 Å². The predicted octanol–water partition coefficient (Wildman–Crippen LogP) is 12.5. The van der Waals surface area contributed by atoms with Crippen molar-refractivity contribution in [3.63, 3.8) is 0 Å². The van der Waals surface area contributed by atoms with Crippen molar-refractivity contribution in [2.45, 2.75) is 0 Å². The van der Waals surface area contributed by atoms with Gasteiger partial charge in [0.2, 0.25) is 0 Å². The van der Waals surface area contributed by atoms with Crippen LogP contribution in [0, 0.1) is 0 Å². The highest BCUT2D eigenvalue weighted by molar-refractivity contribution is 7.25. The number of aromatic nitrogens is 3. The highest BCUT2D eigenvalue weighted by Crippen LogP contribution is 2.44. The van der Waals surface area contributed by atoms with Crippen molar-refractivity contribution in [1.29, 1.82) is 0 Å². The van der Waals surface area contributed by atoms with Gasteiger partial charge in [-0.3, -0.25) is 0 Å². The van der Waals surface area contributed by atoms with Crippen LogP contribution < -0.4 is 0 Å². The Morgan fingerprint density at radius 3 is 1.72 bits per heavy atom. The second kappa shape index (κ2) is 11.6. The third-order valence-corrected chi connectivity index (χ3v) is 10.5. The van der Waals surface area contributed by atoms with E-state index in [1.807, 2.05) is 59.9 Å². The van der Waals surface area contributed by atoms with Gasteiger partial charge in [-0.15, -0.1) is 11.3 Å². The number of para-hydroxylation sites is 1. The lowest BCUT2D eigenvalue weighted by molar-refractivity contribution is 0.669. The molecule has 3 aromatic heterocycles. The molecule has 5 heteroatoms. The Hall–Kier alpha value is -6.43. The normalized spacial score (nSPS) is 11.6. The number of fused-ring (bicyclic) bond motifs is 6. The second-order valence-electron chi connectivity index (χ2n) is 12.4. The Morgan fingerprint density at radius 1 is 0.380 bits per heavy atom. The first-order valence-electron chi connectivity index (χ1n) is 16.6. The fourth-order valence-electron chi connectivity index (χ4n) is 6.96. The highest BCUT2D eigenvalue weighted by atomic mass is 32.1. The zero-order chi connectivity index (χ0) is 33.0. The molecule has 10 aromatic rings. The molecule has 0 saturated heterocycles. The molecule has 0 radical (unpaired) electrons. The summed E-state index contributed by atoms with van der Waals surface area (Å²) in [5.74, 6) is 1.84. The van der Waals surface area contributed by atoms with E-state index in [0.29, 0.717) is 17.5 Å². The smallest absolute Gasteiger partial charge is 0.165 e. The van der Waals surface area contributed by atoms with Gasteiger partial charge in [-0.1, -0.05) is 133 Å². The average molecular weight is 658 g/mol. The van der Waals surface area contributed by atoms with Crippen molar-refractivity contribution in [1.82, 2.24) is 15.0 Å². The van der Waals surface area contributed by atoms with Crippen LogP contribution in [0.25, 0.3) is 98.5 Å². The minimum atomic E-state index is 0.601. The third-order valence-electron chi connectivity index (χ3n) is 9.37. The summed E-state index contributed by atoms with van der Waals surface area (Å²) >= 11 is 1.82. The van der Waals surface area contributed by atoms with Crippen molar-refractivity contribution < 1.29 is 4.42 Å². The van der Waals surface area contributed by atoms with Crippen molar-refractivity contribution in [2.75, 3.05) is 0 Å². The molecular formula is C45H27N3OS. The molecule has 0 fully saturated rings. The minimum absolute atomic E-state index is 0.601. The molecule has 234 valence electrons. The van der Waals surface area contributed by atoms with E-state index in [0.717, 1.165) is 55.3 Å². The van der Waals surface area contributed by atoms with Crippen molar-refractivity contribution in [3.05, 3.63) is 164 Å². The third kappa shape index (κ3) is 4.79. The van der Waals surface area contributed by atoms with E-state index in [1.54, 1.807) is 0 Å². The maximum Gasteiger partial charge on any atom is 0.165 e. The van der Waals surface area contributed by atoms with Gasteiger partial charge in [-0.2, -0.15) is 0 Å². The molecule has 0 saturated carbocycles. The van der Waals surface area contributed by atoms with E-state index in [1.165, 1.54) is 25.7 Å². The van der Waals surface area contributed by atoms with Crippen LogP contribution in [0.15, 0.2) is 168 Å². The SMILES string of the molecule is c1ccc(-c2ccc(-c3nc(-c4ccccc4)nc(-c4c(-c5ccc6c(c5)sc5ccccc56)ccc5oc6ccccc6c45)n3)cc2)cc1. The lowest BCUT2D eigenvalue weighted by Gasteiger charge is -2.14. The number of nitrogens with zero attached hydrogens (tertiary/aromatic N) is 3. The largest absolute Gasteiger partial charge is 0.456 e. The fraction of sp³-hybridized carbons (Fsp3) is 0. The monoisotopic (exact) mass is 657 g/mol. The summed E-state index contributed by atoms with van der Waals surface area (Å²) in [4.78, 5) is 15.5. The summed E-state index contributed by atoms with van der Waals surface area (Å²) in [5, 5.41) is 4.56. The van der Waals surface area contributed by atoms with Gasteiger partial charge >= 0.3 is 0 Å². The van der Waals surface area contributed by atoms with Crippen LogP contribution in [0.4, 0.5) is 0 Å². The maximum absolute atomic E-state index is 6.43. The van der Waals surface area contributed by atoms with Gasteiger partial charge in [0.25, 0.3) is 0 Å². The van der Waals surface area contributed by atoms with E-state index in [4.69, 9.17) is 19.4 Å². The van der Waals surface area contributed by atoms with Gasteiger partial charge in [0.15, 0.2) is 17.5 Å². The Bertz CT molecular complexity index is 2860. The van der Waals surface area contributed by atoms with Gasteiger partial charge in [0, 0.05) is 47.6 Å². The average Bonchev–Trinajstić information content (AvgIpc) is 3.76. The molecule has 50 heavy (non-hydrogen) atoms. The molecule has 0 aliphatic carbocycles. The van der Waals surface area contributed by atoms with E-state index in [-0.39, 0.29) is 0 Å². The molecule has 7 aromatic carbocycles. The van der Waals surface area contributed by atoms with E-state index < -0.39 is 0 Å². The molecule has 0 bridgehead atoms. The predicted molar refractivity (Wildman–Crippen MR) is 207 cm³/mol. The van der Waals surface area contributed by atoms with Crippen LogP contribution in [0.2, 0.25) is 0 Å². The Balaban J connectivity index is 1.24. The van der Waals surface area contributed by atoms with Gasteiger partial charge < -0.3 is 4.42 Å². The van der Waals surface area contributed by atoms with Crippen LogP contribution >= 0.6 is 11.3 Å². The Morgan fingerprint density at radius 2 is 0.940 bits per heavy atom. The van der Waals surface area contributed by atoms with Crippen LogP contribution in [-0.2, 0) is 0 Å². The second-order valence-corrected chi connectivity index (χ2v) is 13.5. The van der Waals surface area contributed by atoms with Gasteiger partial charge in [-0.05, 0) is 52.6 Å². The summed E-state index contributed by atoms with van der Waals surface area (Å²) in [6.45, 7) is 0. The number of rotatable bonds is 5. The lowest BCUT2D eigenvalue weighted by Crippen LogP contribution is -2.01. The van der Waals surface area contributed by atoms with Gasteiger partial charge in [0.05, 0.1) is 0 Å². The van der Waals surface area contributed by atoms with Crippen LogP contribution in [0.1, 0.15) is 0 Å². The van der Waals surface area contributed by atoms with Crippen molar-refractivity contribution in [2.24, 2.45) is 0 Å². The number of hydrogen-bond acceptors (Lipinski definition) is 5. The van der Waals surface area contributed by atoms with Crippen molar-refractivity contribution >= 4 is 53.4 Å². The molecule has 0 aliphatic heterocycles. The van der Waals surface area contributed by atoms with Crippen LogP contribution in [0.5, 0.6) is 0 Å². The Labute approximate surface area is 292 Å². The molecule has 10 rings (SSSR count). The standard InChI is InChI=1S/C45H27N3OS/c1-3-11-28(12-4-1)29-19-21-31(22-20-29)44-46-43(30-13-5-2-6-14-30)47-45(48-44)42-33(25-26-38-41(42)36-16-7-9-17-37(36)49-38)32-23-24-35-34-15-8-10-18-39(34)50-40(35)27-32/h1-27H. The molecule has 0 unspecified atom stereocenters. The number of thiophene rings is 1. The van der Waals surface area contributed by atoms with Crippen LogP contribution in [0.3, 0.4) is 0 Å². The van der Waals surface area contributed by atoms with Gasteiger partial charge in [0.1, 0.15) is 11.2 Å². The summed E-state index contributed by atoms with van der Waals surface area (Å²) in [5.41, 5.74) is 8.84. The van der Waals surface area contributed by atoms with Crippen LogP contribution in [-0.4, -0.2) is 15.0 Å². The Kier molecular flexibility index (Phi) is 6.64. The van der Waals surface area contributed by atoms with Crippen molar-refractivity contribution in [3.8, 4) is 56.4 Å². The quantitative estimate of drug-likeness (QED) is 0.185. The number of hydrogen-bond donors (Lipinski definition) is 0. The van der Waals surface area contributed by atoms with Gasteiger partial charge in [-0.25, -0.2) is 15.0 Å². The van der Waals surface area contributed by atoms with E-state index in [2.05, 4.69) is 115 Å². The zero-order valence-electron chi connectivity index (χ0n) is 26.7. The molecule has 0 N–H and O–H groups in total. The molecule has 0 aliphatic rings. The molecule has 3 heterocycles. The first-order valence-corrected chi connectivity index (χ1v) is 17.4. The maximum atomic E-state index is 6.43. The first kappa shape index (κ1) is 28.6. The van der Waals surface area contributed by atoms with E-state index >= 15 is 0 Å². The lowest BCUT2D eigenvalue weighted by atomic mass is 9.94. The summed E-state index contributed by atoms with van der Waals surface area (Å²) < 4.78 is 8.96. The minimum Gasteiger partial charge on any atom is -0.456 e. The summed E-state index contributed by atoms with van der Waals surface area (Å²) in [6.07, 6.45) is 0. The highest BCUT2D eigenvalue weighted by Gasteiger charge is 2.22. The number of benzene rings is 7. The summed E-state index contributed by atoms with van der Waals surface area (Å²) in [6, 6.07) is 56.8. The zero-order valence-corrected chi connectivity index (χ0v) is 27.6. The first-order chi connectivity index (χ1) is 24.8. The fourth-order valence-corrected chi connectivity index (χ4v) is 8.10. The molecule has 0 spiro atoms.